The molecule has 0 spiro atoms. The Bertz CT molecular complexity index is 510. The zero-order chi connectivity index (χ0) is 14.9. The Morgan fingerprint density at radius 3 is 2.35 bits per heavy atom. The van der Waals surface area contributed by atoms with Crippen LogP contribution in [0, 0.1) is 11.7 Å². The summed E-state index contributed by atoms with van der Waals surface area (Å²) >= 11 is 2.98. The topological polar surface area (TPSA) is 20.3 Å². The highest BCUT2D eigenvalue weighted by Gasteiger charge is 2.41. The Hall–Kier alpha value is -1.11. The average molecular weight is 354 g/mol. The monoisotopic (exact) mass is 353 g/mol. The standard InChI is InChI=1S/C13H12BrF4NO/c14-10-7-8(1-2-11(10)15)12(20)19-5-3-9(4-6-19)13(16,17)18/h1-2,7,9H,3-6H2. The second-order valence-electron chi connectivity index (χ2n) is 4.74. The molecule has 1 aliphatic heterocycles. The summed E-state index contributed by atoms with van der Waals surface area (Å²) in [6.07, 6.45) is -4.37. The van der Waals surface area contributed by atoms with Gasteiger partial charge in [0.05, 0.1) is 10.4 Å². The number of carbonyl (C=O) groups is 1. The molecule has 0 saturated carbocycles. The second-order valence-corrected chi connectivity index (χ2v) is 5.59. The average Bonchev–Trinajstić information content (AvgIpc) is 2.40. The number of likely N-dealkylation sites (tertiary alicyclic amines) is 1. The molecule has 1 aromatic carbocycles. The number of piperidine rings is 1. The molecule has 0 aromatic heterocycles. The first kappa shape index (κ1) is 15.3. The predicted molar refractivity (Wildman–Crippen MR) is 68.8 cm³/mol. The molecular weight excluding hydrogens is 342 g/mol. The van der Waals surface area contributed by atoms with Gasteiger partial charge in [-0.3, -0.25) is 4.79 Å². The zero-order valence-corrected chi connectivity index (χ0v) is 12.0. The van der Waals surface area contributed by atoms with Gasteiger partial charge in [-0.05, 0) is 47.0 Å². The van der Waals surface area contributed by atoms with Gasteiger partial charge in [0.25, 0.3) is 5.91 Å². The predicted octanol–water partition coefficient (Wildman–Crippen LogP) is 4.00. The molecule has 110 valence electrons. The minimum absolute atomic E-state index is 0.0675. The molecule has 20 heavy (non-hydrogen) atoms. The van der Waals surface area contributed by atoms with Crippen LogP contribution in [0.4, 0.5) is 17.6 Å². The Balaban J connectivity index is 2.03. The highest BCUT2D eigenvalue weighted by Crippen LogP contribution is 2.34. The van der Waals surface area contributed by atoms with Crippen molar-refractivity contribution in [2.75, 3.05) is 13.1 Å². The minimum atomic E-state index is -4.20. The fraction of sp³-hybridized carbons (Fsp3) is 0.462. The summed E-state index contributed by atoms with van der Waals surface area (Å²) in [7, 11) is 0. The van der Waals surface area contributed by atoms with E-state index in [9.17, 15) is 22.4 Å². The molecule has 7 heteroatoms. The van der Waals surface area contributed by atoms with Crippen molar-refractivity contribution in [2.45, 2.75) is 19.0 Å². The first-order chi connectivity index (χ1) is 9.29. The Kier molecular flexibility index (Phi) is 4.36. The van der Waals surface area contributed by atoms with E-state index < -0.39 is 17.9 Å². The SMILES string of the molecule is O=C(c1ccc(F)c(Br)c1)N1CCC(C(F)(F)F)CC1. The Morgan fingerprint density at radius 1 is 1.25 bits per heavy atom. The van der Waals surface area contributed by atoms with Gasteiger partial charge >= 0.3 is 6.18 Å². The van der Waals surface area contributed by atoms with Crippen LogP contribution in [0.5, 0.6) is 0 Å². The second kappa shape index (κ2) is 5.71. The Morgan fingerprint density at radius 2 is 1.85 bits per heavy atom. The van der Waals surface area contributed by atoms with Gasteiger partial charge in [-0.25, -0.2) is 4.39 Å². The maximum atomic E-state index is 13.1. The van der Waals surface area contributed by atoms with E-state index in [0.29, 0.717) is 0 Å². The molecule has 2 rings (SSSR count). The van der Waals surface area contributed by atoms with Crippen molar-refractivity contribution in [2.24, 2.45) is 5.92 Å². The van der Waals surface area contributed by atoms with E-state index in [2.05, 4.69) is 15.9 Å². The van der Waals surface area contributed by atoms with Crippen LogP contribution in [0.25, 0.3) is 0 Å². The van der Waals surface area contributed by atoms with Crippen LogP contribution in [0.1, 0.15) is 23.2 Å². The number of rotatable bonds is 1. The van der Waals surface area contributed by atoms with Crippen LogP contribution in [-0.2, 0) is 0 Å². The van der Waals surface area contributed by atoms with Crippen molar-refractivity contribution in [1.82, 2.24) is 4.90 Å². The summed E-state index contributed by atoms with van der Waals surface area (Å²) in [6.45, 7) is 0.135. The largest absolute Gasteiger partial charge is 0.391 e. The maximum absolute atomic E-state index is 13.1. The first-order valence-corrected chi connectivity index (χ1v) is 6.89. The molecule has 0 radical (unpaired) electrons. The normalized spacial score (nSPS) is 17.4. The molecule has 1 aliphatic rings. The summed E-state index contributed by atoms with van der Waals surface area (Å²) in [4.78, 5) is 13.5. The molecule has 1 fully saturated rings. The summed E-state index contributed by atoms with van der Waals surface area (Å²) in [5.41, 5.74) is 0.267. The van der Waals surface area contributed by atoms with Crippen LogP contribution in [0.15, 0.2) is 22.7 Å². The quantitative estimate of drug-likeness (QED) is 0.698. The van der Waals surface area contributed by atoms with Crippen LogP contribution in [-0.4, -0.2) is 30.1 Å². The van der Waals surface area contributed by atoms with Gasteiger partial charge in [0.15, 0.2) is 0 Å². The van der Waals surface area contributed by atoms with Crippen LogP contribution in [0.2, 0.25) is 0 Å². The lowest BCUT2D eigenvalue weighted by atomic mass is 9.96. The van der Waals surface area contributed by atoms with Crippen molar-refractivity contribution >= 4 is 21.8 Å². The van der Waals surface area contributed by atoms with Gasteiger partial charge in [0.1, 0.15) is 5.82 Å². The highest BCUT2D eigenvalue weighted by molar-refractivity contribution is 9.10. The molecule has 1 saturated heterocycles. The molecule has 2 nitrogen and oxygen atoms in total. The smallest absolute Gasteiger partial charge is 0.339 e. The molecule has 0 atom stereocenters. The third-order valence-corrected chi connectivity index (χ3v) is 4.02. The molecule has 0 bridgehead atoms. The maximum Gasteiger partial charge on any atom is 0.391 e. The highest BCUT2D eigenvalue weighted by atomic mass is 79.9. The summed E-state index contributed by atoms with van der Waals surface area (Å²) in [6, 6.07) is 3.82. The van der Waals surface area contributed by atoms with E-state index in [4.69, 9.17) is 0 Å². The van der Waals surface area contributed by atoms with Crippen molar-refractivity contribution in [3.8, 4) is 0 Å². The molecule has 1 aromatic rings. The molecule has 1 heterocycles. The number of alkyl halides is 3. The summed E-state index contributed by atoms with van der Waals surface area (Å²) < 4.78 is 50.9. The van der Waals surface area contributed by atoms with Gasteiger partial charge in [-0.15, -0.1) is 0 Å². The zero-order valence-electron chi connectivity index (χ0n) is 10.4. The van der Waals surface area contributed by atoms with Crippen LogP contribution >= 0.6 is 15.9 Å². The number of hydrogen-bond acceptors (Lipinski definition) is 1. The van der Waals surface area contributed by atoms with E-state index in [1.807, 2.05) is 0 Å². The van der Waals surface area contributed by atoms with E-state index >= 15 is 0 Å². The van der Waals surface area contributed by atoms with Crippen LogP contribution in [0.3, 0.4) is 0 Å². The fourth-order valence-corrected chi connectivity index (χ4v) is 2.60. The van der Waals surface area contributed by atoms with Crippen LogP contribution < -0.4 is 0 Å². The number of hydrogen-bond donors (Lipinski definition) is 0. The minimum Gasteiger partial charge on any atom is -0.339 e. The number of nitrogens with zero attached hydrogens (tertiary/aromatic N) is 1. The Labute approximate surface area is 121 Å². The molecular formula is C13H12BrF4NO. The first-order valence-electron chi connectivity index (χ1n) is 6.10. The third kappa shape index (κ3) is 3.31. The van der Waals surface area contributed by atoms with Gasteiger partial charge in [-0.2, -0.15) is 13.2 Å². The van der Waals surface area contributed by atoms with E-state index in [1.54, 1.807) is 0 Å². The van der Waals surface area contributed by atoms with Gasteiger partial charge in [-0.1, -0.05) is 0 Å². The lowest BCUT2D eigenvalue weighted by molar-refractivity contribution is -0.183. The van der Waals surface area contributed by atoms with E-state index in [-0.39, 0.29) is 41.9 Å². The number of carbonyl (C=O) groups excluding carboxylic acids is 1. The van der Waals surface area contributed by atoms with Crippen molar-refractivity contribution in [3.63, 3.8) is 0 Å². The fourth-order valence-electron chi connectivity index (χ4n) is 2.22. The summed E-state index contributed by atoms with van der Waals surface area (Å²) in [5, 5.41) is 0. The molecule has 0 N–H and O–H groups in total. The third-order valence-electron chi connectivity index (χ3n) is 3.41. The lowest BCUT2D eigenvalue weighted by Gasteiger charge is -2.33. The molecule has 0 aliphatic carbocycles. The van der Waals surface area contributed by atoms with E-state index in [0.717, 1.165) is 6.07 Å². The van der Waals surface area contributed by atoms with Gasteiger partial charge in [0.2, 0.25) is 0 Å². The van der Waals surface area contributed by atoms with Crippen molar-refractivity contribution in [3.05, 3.63) is 34.1 Å². The number of halogens is 5. The number of amides is 1. The molecule has 0 unspecified atom stereocenters. The van der Waals surface area contributed by atoms with Crippen molar-refractivity contribution in [1.29, 1.82) is 0 Å². The van der Waals surface area contributed by atoms with Gasteiger partial charge in [0, 0.05) is 18.7 Å². The summed E-state index contributed by atoms with van der Waals surface area (Å²) in [5.74, 6) is -2.20. The number of benzene rings is 1. The van der Waals surface area contributed by atoms with E-state index in [1.165, 1.54) is 17.0 Å². The van der Waals surface area contributed by atoms with Crippen molar-refractivity contribution < 1.29 is 22.4 Å². The lowest BCUT2D eigenvalue weighted by Crippen LogP contribution is -2.42. The van der Waals surface area contributed by atoms with Gasteiger partial charge < -0.3 is 4.90 Å². The molecule has 1 amide bonds.